The molecular formula is C22H24N4O. The number of aromatic nitrogens is 3. The second-order valence-electron chi connectivity index (χ2n) is 7.78. The quantitative estimate of drug-likeness (QED) is 0.770. The smallest absolute Gasteiger partial charge is 0.267 e. The molecule has 2 aliphatic rings. The van der Waals surface area contributed by atoms with E-state index in [-0.39, 0.29) is 11.6 Å². The van der Waals surface area contributed by atoms with Crippen molar-refractivity contribution in [2.24, 2.45) is 0 Å². The number of fused-ring (bicyclic) bond motifs is 2. The van der Waals surface area contributed by atoms with Gasteiger partial charge in [-0.25, -0.2) is 4.68 Å². The van der Waals surface area contributed by atoms with Gasteiger partial charge in [0, 0.05) is 29.4 Å². The van der Waals surface area contributed by atoms with E-state index in [1.54, 1.807) is 4.68 Å². The van der Waals surface area contributed by atoms with Crippen molar-refractivity contribution in [2.75, 3.05) is 5.32 Å². The molecule has 1 aromatic carbocycles. The average molecular weight is 360 g/mol. The van der Waals surface area contributed by atoms with Crippen LogP contribution in [0, 0.1) is 0 Å². The Labute approximate surface area is 158 Å². The lowest BCUT2D eigenvalue weighted by Gasteiger charge is -2.30. The predicted octanol–water partition coefficient (Wildman–Crippen LogP) is 3.88. The van der Waals surface area contributed by atoms with Gasteiger partial charge in [0.2, 0.25) is 0 Å². The van der Waals surface area contributed by atoms with Crippen LogP contribution in [0.2, 0.25) is 0 Å². The summed E-state index contributed by atoms with van der Waals surface area (Å²) in [4.78, 5) is 16.9. The Morgan fingerprint density at radius 1 is 1.04 bits per heavy atom. The Morgan fingerprint density at radius 3 is 2.78 bits per heavy atom. The lowest BCUT2D eigenvalue weighted by Crippen LogP contribution is -2.33. The second kappa shape index (κ2) is 6.80. The minimum atomic E-state index is 0.0761. The summed E-state index contributed by atoms with van der Waals surface area (Å²) >= 11 is 0. The molecular weight excluding hydrogens is 336 g/mol. The molecule has 0 atom stereocenters. The van der Waals surface area contributed by atoms with E-state index < -0.39 is 0 Å². The molecule has 1 N–H and O–H groups in total. The zero-order valence-electron chi connectivity index (χ0n) is 15.4. The van der Waals surface area contributed by atoms with E-state index in [0.717, 1.165) is 67.4 Å². The monoisotopic (exact) mass is 360 g/mol. The van der Waals surface area contributed by atoms with Crippen molar-refractivity contribution in [3.05, 3.63) is 64.2 Å². The summed E-state index contributed by atoms with van der Waals surface area (Å²) in [6.07, 6.45) is 9.10. The molecule has 0 aliphatic heterocycles. The van der Waals surface area contributed by atoms with Crippen molar-refractivity contribution in [3.8, 4) is 0 Å². The molecule has 5 heteroatoms. The maximum atomic E-state index is 12.5. The Morgan fingerprint density at radius 2 is 1.89 bits per heavy atom. The maximum absolute atomic E-state index is 12.5. The highest BCUT2D eigenvalue weighted by Gasteiger charge is 2.25. The summed E-state index contributed by atoms with van der Waals surface area (Å²) in [5, 5.41) is 9.57. The Hall–Kier alpha value is -2.69. The van der Waals surface area contributed by atoms with E-state index in [9.17, 15) is 4.79 Å². The van der Waals surface area contributed by atoms with Gasteiger partial charge in [-0.2, -0.15) is 5.10 Å². The van der Waals surface area contributed by atoms with Gasteiger partial charge in [-0.3, -0.25) is 9.78 Å². The Balaban J connectivity index is 1.30. The van der Waals surface area contributed by atoms with Crippen molar-refractivity contribution in [2.45, 2.75) is 57.0 Å². The predicted molar refractivity (Wildman–Crippen MR) is 107 cm³/mol. The van der Waals surface area contributed by atoms with Gasteiger partial charge in [0.1, 0.15) is 0 Å². The first-order chi connectivity index (χ1) is 13.3. The van der Waals surface area contributed by atoms with Gasteiger partial charge in [-0.15, -0.1) is 0 Å². The summed E-state index contributed by atoms with van der Waals surface area (Å²) in [7, 11) is 0. The molecule has 5 rings (SSSR count). The van der Waals surface area contributed by atoms with E-state index in [1.165, 1.54) is 5.39 Å². The first-order valence-electron chi connectivity index (χ1n) is 10.00. The maximum Gasteiger partial charge on any atom is 0.267 e. The molecule has 0 saturated heterocycles. The topological polar surface area (TPSA) is 59.8 Å². The fourth-order valence-electron chi connectivity index (χ4n) is 4.58. The number of nitrogens with one attached hydrogen (secondary N) is 1. The second-order valence-corrected chi connectivity index (χ2v) is 7.78. The van der Waals surface area contributed by atoms with Crippen LogP contribution < -0.4 is 10.9 Å². The van der Waals surface area contributed by atoms with Gasteiger partial charge in [0.15, 0.2) is 0 Å². The highest BCUT2D eigenvalue weighted by molar-refractivity contribution is 5.90. The van der Waals surface area contributed by atoms with Crippen LogP contribution in [0.15, 0.2) is 47.4 Å². The van der Waals surface area contributed by atoms with E-state index in [4.69, 9.17) is 5.10 Å². The van der Waals surface area contributed by atoms with Crippen molar-refractivity contribution < 1.29 is 0 Å². The highest BCUT2D eigenvalue weighted by atomic mass is 16.1. The molecule has 2 aliphatic carbocycles. The third-order valence-electron chi connectivity index (χ3n) is 6.03. The van der Waals surface area contributed by atoms with Crippen LogP contribution in [0.5, 0.6) is 0 Å². The molecule has 2 aromatic heterocycles. The molecule has 1 fully saturated rings. The van der Waals surface area contributed by atoms with E-state index in [0.29, 0.717) is 6.04 Å². The van der Waals surface area contributed by atoms with Gasteiger partial charge in [-0.1, -0.05) is 18.2 Å². The van der Waals surface area contributed by atoms with Gasteiger partial charge in [0.25, 0.3) is 5.56 Å². The molecule has 3 aromatic rings. The fraction of sp³-hybridized carbons (Fsp3) is 0.409. The molecule has 138 valence electrons. The third kappa shape index (κ3) is 3.11. The van der Waals surface area contributed by atoms with Crippen LogP contribution >= 0.6 is 0 Å². The molecule has 5 nitrogen and oxygen atoms in total. The number of rotatable bonds is 3. The zero-order chi connectivity index (χ0) is 18.2. The van der Waals surface area contributed by atoms with Crippen LogP contribution in [0.4, 0.5) is 5.69 Å². The van der Waals surface area contributed by atoms with Crippen molar-refractivity contribution in [1.29, 1.82) is 0 Å². The fourth-order valence-corrected chi connectivity index (χ4v) is 4.58. The SMILES string of the molecule is O=c1cc2c(nn1C1CCC(Nc3ccnc4ccccc34)CC1)CCC2. The van der Waals surface area contributed by atoms with Gasteiger partial charge < -0.3 is 5.32 Å². The number of nitrogens with zero attached hydrogens (tertiary/aromatic N) is 3. The lowest BCUT2D eigenvalue weighted by molar-refractivity contribution is 0.302. The van der Waals surface area contributed by atoms with E-state index in [2.05, 4.69) is 28.5 Å². The van der Waals surface area contributed by atoms with Crippen molar-refractivity contribution in [1.82, 2.24) is 14.8 Å². The molecule has 0 radical (unpaired) electrons. The van der Waals surface area contributed by atoms with E-state index in [1.807, 2.05) is 24.4 Å². The standard InChI is InChI=1S/C22H24N4O/c27-22-14-15-4-3-7-19(15)25-26(22)17-10-8-16(9-11-17)24-21-12-13-23-20-6-2-1-5-18(20)21/h1-2,5-6,12-14,16-17H,3-4,7-11H2,(H,23,24). The van der Waals surface area contributed by atoms with Crippen LogP contribution in [0.1, 0.15) is 49.4 Å². The number of pyridine rings is 1. The highest BCUT2D eigenvalue weighted by Crippen LogP contribution is 2.31. The number of benzene rings is 1. The molecule has 1 saturated carbocycles. The third-order valence-corrected chi connectivity index (χ3v) is 6.03. The minimum Gasteiger partial charge on any atom is -0.382 e. The number of hydrogen-bond acceptors (Lipinski definition) is 4. The summed E-state index contributed by atoms with van der Waals surface area (Å²) in [6, 6.07) is 12.8. The number of aryl methyl sites for hydroxylation is 2. The number of anilines is 1. The van der Waals surface area contributed by atoms with Gasteiger partial charge in [-0.05, 0) is 62.6 Å². The number of hydrogen-bond donors (Lipinski definition) is 1. The molecule has 0 spiro atoms. The summed E-state index contributed by atoms with van der Waals surface area (Å²) in [5.41, 5.74) is 4.54. The van der Waals surface area contributed by atoms with Crippen LogP contribution in [-0.4, -0.2) is 20.8 Å². The number of para-hydroxylation sites is 1. The zero-order valence-corrected chi connectivity index (χ0v) is 15.4. The lowest BCUT2D eigenvalue weighted by atomic mass is 9.91. The van der Waals surface area contributed by atoms with Crippen LogP contribution in [-0.2, 0) is 12.8 Å². The first-order valence-corrected chi connectivity index (χ1v) is 10.00. The van der Waals surface area contributed by atoms with Gasteiger partial charge in [0.05, 0.1) is 17.3 Å². The largest absolute Gasteiger partial charge is 0.382 e. The molecule has 2 heterocycles. The van der Waals surface area contributed by atoms with Crippen LogP contribution in [0.3, 0.4) is 0 Å². The van der Waals surface area contributed by atoms with E-state index >= 15 is 0 Å². The first kappa shape index (κ1) is 16.5. The molecule has 0 unspecified atom stereocenters. The summed E-state index contributed by atoms with van der Waals surface area (Å²) in [6.45, 7) is 0. The molecule has 0 bridgehead atoms. The van der Waals surface area contributed by atoms with Crippen molar-refractivity contribution in [3.63, 3.8) is 0 Å². The Kier molecular flexibility index (Phi) is 4.15. The van der Waals surface area contributed by atoms with Crippen molar-refractivity contribution >= 4 is 16.6 Å². The van der Waals surface area contributed by atoms with Gasteiger partial charge >= 0.3 is 0 Å². The summed E-state index contributed by atoms with van der Waals surface area (Å²) < 4.78 is 1.77. The summed E-state index contributed by atoms with van der Waals surface area (Å²) in [5.74, 6) is 0. The molecule has 0 amide bonds. The average Bonchev–Trinajstić information content (AvgIpc) is 3.15. The molecule has 27 heavy (non-hydrogen) atoms. The Bertz CT molecular complexity index is 1030. The van der Waals surface area contributed by atoms with Crippen LogP contribution in [0.25, 0.3) is 10.9 Å². The minimum absolute atomic E-state index is 0.0761. The normalized spacial score (nSPS) is 21.9.